The summed E-state index contributed by atoms with van der Waals surface area (Å²) in [5.74, 6) is 0. The van der Waals surface area contributed by atoms with Crippen LogP contribution in [0.1, 0.15) is 44.1 Å². The van der Waals surface area contributed by atoms with E-state index >= 15 is 0 Å². The molecule has 114 valence electrons. The predicted octanol–water partition coefficient (Wildman–Crippen LogP) is 3.93. The molecular weight excluding hydrogens is 282 g/mol. The van der Waals surface area contributed by atoms with Crippen molar-refractivity contribution in [2.24, 2.45) is 5.73 Å². The van der Waals surface area contributed by atoms with Crippen LogP contribution in [-0.2, 0) is 19.3 Å². The number of halogens is 1. The van der Waals surface area contributed by atoms with Crippen molar-refractivity contribution in [1.29, 1.82) is 0 Å². The molecule has 2 rings (SSSR count). The lowest BCUT2D eigenvalue weighted by molar-refractivity contribution is 0.641. The Bertz CT molecular complexity index is 604. The van der Waals surface area contributed by atoms with E-state index in [0.717, 1.165) is 47.7 Å². The fourth-order valence-corrected chi connectivity index (χ4v) is 2.71. The van der Waals surface area contributed by atoms with E-state index in [1.807, 2.05) is 16.8 Å². The van der Waals surface area contributed by atoms with Gasteiger partial charge in [0, 0.05) is 16.8 Å². The van der Waals surface area contributed by atoms with Crippen molar-refractivity contribution in [2.75, 3.05) is 0 Å². The zero-order valence-corrected chi connectivity index (χ0v) is 13.8. The van der Waals surface area contributed by atoms with Gasteiger partial charge in [0.05, 0.1) is 11.4 Å². The minimum atomic E-state index is 0.120. The number of hydrogen-bond donors (Lipinski definition) is 1. The smallest absolute Gasteiger partial charge is 0.0696 e. The summed E-state index contributed by atoms with van der Waals surface area (Å²) in [7, 11) is 0. The summed E-state index contributed by atoms with van der Waals surface area (Å²) in [6.07, 6.45) is 3.59. The summed E-state index contributed by atoms with van der Waals surface area (Å²) >= 11 is 6.42. The fraction of sp³-hybridized carbons (Fsp3) is 0.471. The molecule has 2 N–H and O–H groups in total. The molecule has 21 heavy (non-hydrogen) atoms. The average molecular weight is 306 g/mol. The molecule has 0 saturated heterocycles. The van der Waals surface area contributed by atoms with Crippen molar-refractivity contribution >= 4 is 11.6 Å². The Morgan fingerprint density at radius 2 is 2.00 bits per heavy atom. The number of rotatable bonds is 6. The average Bonchev–Trinajstić information content (AvgIpc) is 2.92. The van der Waals surface area contributed by atoms with Gasteiger partial charge in [0.1, 0.15) is 0 Å². The van der Waals surface area contributed by atoms with Crippen molar-refractivity contribution in [3.05, 3.63) is 46.2 Å². The molecule has 0 saturated carbocycles. The maximum absolute atomic E-state index is 6.42. The molecule has 0 spiro atoms. The Morgan fingerprint density at radius 1 is 1.24 bits per heavy atom. The lowest BCUT2D eigenvalue weighted by Crippen LogP contribution is -2.22. The second-order valence-corrected chi connectivity index (χ2v) is 5.76. The van der Waals surface area contributed by atoms with E-state index in [-0.39, 0.29) is 6.04 Å². The molecule has 0 bridgehead atoms. The Morgan fingerprint density at radius 3 is 2.62 bits per heavy atom. The highest BCUT2D eigenvalue weighted by Gasteiger charge is 2.15. The highest BCUT2D eigenvalue weighted by atomic mass is 35.5. The van der Waals surface area contributed by atoms with Gasteiger partial charge in [-0.25, -0.2) is 4.68 Å². The quantitative estimate of drug-likeness (QED) is 0.878. The van der Waals surface area contributed by atoms with Gasteiger partial charge in [-0.1, -0.05) is 38.4 Å². The Labute approximate surface area is 132 Å². The van der Waals surface area contributed by atoms with Crippen LogP contribution in [0.25, 0.3) is 5.69 Å². The second-order valence-electron chi connectivity index (χ2n) is 5.36. The first-order chi connectivity index (χ1) is 10.1. The van der Waals surface area contributed by atoms with Gasteiger partial charge in [-0.15, -0.1) is 0 Å². The van der Waals surface area contributed by atoms with Crippen molar-refractivity contribution in [3.63, 3.8) is 0 Å². The molecule has 4 heteroatoms. The lowest BCUT2D eigenvalue weighted by atomic mass is 10.0. The number of aromatic nitrogens is 2. The third-order valence-corrected chi connectivity index (χ3v) is 4.23. The molecule has 0 aliphatic rings. The van der Waals surface area contributed by atoms with Crippen LogP contribution in [0.15, 0.2) is 24.3 Å². The molecule has 1 aromatic carbocycles. The highest BCUT2D eigenvalue weighted by molar-refractivity contribution is 6.31. The van der Waals surface area contributed by atoms with E-state index < -0.39 is 0 Å². The van der Waals surface area contributed by atoms with E-state index in [9.17, 15) is 0 Å². The zero-order valence-electron chi connectivity index (χ0n) is 13.1. The molecule has 1 aromatic heterocycles. The maximum Gasteiger partial charge on any atom is 0.0696 e. The zero-order chi connectivity index (χ0) is 15.4. The normalized spacial score (nSPS) is 12.6. The number of aryl methyl sites for hydroxylation is 2. The Hall–Kier alpha value is -1.32. The van der Waals surface area contributed by atoms with Crippen LogP contribution in [0.2, 0.25) is 5.02 Å². The summed E-state index contributed by atoms with van der Waals surface area (Å²) in [4.78, 5) is 0. The molecule has 0 aliphatic carbocycles. The van der Waals surface area contributed by atoms with E-state index in [1.165, 1.54) is 5.69 Å². The van der Waals surface area contributed by atoms with Gasteiger partial charge in [0.25, 0.3) is 0 Å². The van der Waals surface area contributed by atoms with Crippen molar-refractivity contribution < 1.29 is 0 Å². The van der Waals surface area contributed by atoms with E-state index in [0.29, 0.717) is 0 Å². The first kappa shape index (κ1) is 16.1. The van der Waals surface area contributed by atoms with Crippen LogP contribution < -0.4 is 5.73 Å². The summed E-state index contributed by atoms with van der Waals surface area (Å²) < 4.78 is 2.03. The molecule has 2 aromatic rings. The number of benzene rings is 1. The van der Waals surface area contributed by atoms with Crippen LogP contribution in [0.4, 0.5) is 0 Å². The van der Waals surface area contributed by atoms with Crippen molar-refractivity contribution in [1.82, 2.24) is 9.78 Å². The number of nitrogens with two attached hydrogens (primary N) is 1. The van der Waals surface area contributed by atoms with E-state index in [2.05, 4.69) is 32.9 Å². The maximum atomic E-state index is 6.42. The van der Waals surface area contributed by atoms with E-state index in [4.69, 9.17) is 22.4 Å². The molecular formula is C17H24ClN3. The van der Waals surface area contributed by atoms with Crippen LogP contribution in [0, 0.1) is 0 Å². The molecule has 1 heterocycles. The molecule has 0 aliphatic heterocycles. The van der Waals surface area contributed by atoms with Crippen molar-refractivity contribution in [2.45, 2.75) is 52.5 Å². The molecule has 0 radical (unpaired) electrons. The van der Waals surface area contributed by atoms with Gasteiger partial charge < -0.3 is 5.73 Å². The Kier molecular flexibility index (Phi) is 5.43. The molecule has 1 atom stereocenters. The lowest BCUT2D eigenvalue weighted by Gasteiger charge is -2.16. The first-order valence-electron chi connectivity index (χ1n) is 7.71. The standard InChI is InChI=1S/C17H24ClN3/c1-4-12(19)10-15-16(18)8-7-9-17(15)21-14(6-3)11-13(5-2)20-21/h7-9,11-12H,4-6,10,19H2,1-3H3. The minimum absolute atomic E-state index is 0.120. The topological polar surface area (TPSA) is 43.8 Å². The van der Waals surface area contributed by atoms with Gasteiger partial charge in [0.2, 0.25) is 0 Å². The SMILES string of the molecule is CCc1cc(CC)n(-c2cccc(Cl)c2CC(N)CC)n1. The minimum Gasteiger partial charge on any atom is -0.327 e. The first-order valence-corrected chi connectivity index (χ1v) is 8.09. The molecule has 3 nitrogen and oxygen atoms in total. The summed E-state index contributed by atoms with van der Waals surface area (Å²) in [5, 5.41) is 5.49. The largest absolute Gasteiger partial charge is 0.327 e. The number of nitrogens with zero attached hydrogens (tertiary/aromatic N) is 2. The van der Waals surface area contributed by atoms with Crippen molar-refractivity contribution in [3.8, 4) is 5.69 Å². The van der Waals surface area contributed by atoms with Gasteiger partial charge >= 0.3 is 0 Å². The van der Waals surface area contributed by atoms with Crippen LogP contribution in [0.3, 0.4) is 0 Å². The third kappa shape index (κ3) is 3.47. The van der Waals surface area contributed by atoms with Gasteiger partial charge in [0.15, 0.2) is 0 Å². The summed E-state index contributed by atoms with van der Waals surface area (Å²) in [6.45, 7) is 6.37. The van der Waals surface area contributed by atoms with Crippen LogP contribution in [0.5, 0.6) is 0 Å². The predicted molar refractivity (Wildman–Crippen MR) is 89.3 cm³/mol. The Balaban J connectivity index is 2.53. The number of hydrogen-bond acceptors (Lipinski definition) is 2. The summed E-state index contributed by atoms with van der Waals surface area (Å²) in [6, 6.07) is 8.28. The third-order valence-electron chi connectivity index (χ3n) is 3.87. The molecule has 0 amide bonds. The molecule has 0 fully saturated rings. The second kappa shape index (κ2) is 7.10. The fourth-order valence-electron chi connectivity index (χ4n) is 2.46. The van der Waals surface area contributed by atoms with Crippen LogP contribution in [-0.4, -0.2) is 15.8 Å². The monoisotopic (exact) mass is 305 g/mol. The van der Waals surface area contributed by atoms with Gasteiger partial charge in [-0.2, -0.15) is 5.10 Å². The summed E-state index contributed by atoms with van der Waals surface area (Å²) in [5.41, 5.74) is 10.6. The van der Waals surface area contributed by atoms with E-state index in [1.54, 1.807) is 0 Å². The van der Waals surface area contributed by atoms with Gasteiger partial charge in [-0.3, -0.25) is 0 Å². The highest BCUT2D eigenvalue weighted by Crippen LogP contribution is 2.26. The van der Waals surface area contributed by atoms with Crippen LogP contribution >= 0.6 is 11.6 Å². The van der Waals surface area contributed by atoms with Gasteiger partial charge in [-0.05, 0) is 49.4 Å². The molecule has 1 unspecified atom stereocenters.